The molecule has 2 N–H and O–H groups in total. The minimum atomic E-state index is -0.458. The molecule has 0 spiro atoms. The summed E-state index contributed by atoms with van der Waals surface area (Å²) in [5.41, 5.74) is 5.83. The van der Waals surface area contributed by atoms with Crippen molar-refractivity contribution in [3.05, 3.63) is 33.3 Å². The van der Waals surface area contributed by atoms with Crippen LogP contribution in [0.25, 0.3) is 10.2 Å². The van der Waals surface area contributed by atoms with E-state index in [9.17, 15) is 14.9 Å². The van der Waals surface area contributed by atoms with E-state index < -0.39 is 10.8 Å². The molecule has 0 radical (unpaired) electrons. The first-order valence-electron chi connectivity index (χ1n) is 5.85. The van der Waals surface area contributed by atoms with Gasteiger partial charge in [-0.1, -0.05) is 11.3 Å². The number of hydrogen-bond acceptors (Lipinski definition) is 9. The predicted molar refractivity (Wildman–Crippen MR) is 83.2 cm³/mol. The molecule has 3 rings (SSSR count). The van der Waals surface area contributed by atoms with Gasteiger partial charge in [-0.3, -0.25) is 14.9 Å². The third kappa shape index (κ3) is 3.21. The van der Waals surface area contributed by atoms with E-state index >= 15 is 0 Å². The number of rotatable bonds is 5. The smallest absolute Gasteiger partial charge is 0.270 e. The van der Waals surface area contributed by atoms with Gasteiger partial charge in [0.1, 0.15) is 5.01 Å². The van der Waals surface area contributed by atoms with Gasteiger partial charge in [0.05, 0.1) is 21.6 Å². The molecule has 11 heteroatoms. The summed E-state index contributed by atoms with van der Waals surface area (Å²) in [5, 5.41) is 19.2. The molecule has 112 valence electrons. The second kappa shape index (κ2) is 5.94. The summed E-state index contributed by atoms with van der Waals surface area (Å²) >= 11 is 3.92. The number of nitrogens with zero attached hydrogens (tertiary/aromatic N) is 4. The normalized spacial score (nSPS) is 10.9. The first-order valence-corrected chi connectivity index (χ1v) is 8.30. The molecule has 2 aromatic heterocycles. The Kier molecular flexibility index (Phi) is 4.00. The van der Waals surface area contributed by atoms with Crippen LogP contribution in [-0.4, -0.2) is 26.0 Å². The maximum atomic E-state index is 10.8. The lowest BCUT2D eigenvalue weighted by Gasteiger charge is -1.88. The number of benzene rings is 1. The molecular weight excluding hydrogens is 346 g/mol. The number of thiazole rings is 1. The Labute approximate surface area is 135 Å². The number of non-ortho nitro benzene ring substituents is 1. The zero-order chi connectivity index (χ0) is 15.7. The molecular formula is C11H7N5O3S3. The summed E-state index contributed by atoms with van der Waals surface area (Å²) in [4.78, 5) is 25.5. The van der Waals surface area contributed by atoms with Crippen LogP contribution in [-0.2, 0) is 11.2 Å². The van der Waals surface area contributed by atoms with Crippen molar-refractivity contribution in [3.8, 4) is 0 Å². The number of nitro benzene ring substituents is 1. The van der Waals surface area contributed by atoms with Gasteiger partial charge < -0.3 is 5.73 Å². The fraction of sp³-hybridized carbons (Fsp3) is 0.0909. The first-order chi connectivity index (χ1) is 10.5. The van der Waals surface area contributed by atoms with E-state index in [1.54, 1.807) is 6.07 Å². The Bertz CT molecular complexity index is 875. The molecule has 22 heavy (non-hydrogen) atoms. The zero-order valence-corrected chi connectivity index (χ0v) is 13.2. The SMILES string of the molecule is NC(=O)Cc1nnc(Sc2nc3ccc([N+](=O)[O-])cc3s2)s1. The molecule has 0 saturated heterocycles. The van der Waals surface area contributed by atoms with Crippen LogP contribution in [0.5, 0.6) is 0 Å². The van der Waals surface area contributed by atoms with Gasteiger partial charge >= 0.3 is 0 Å². The summed E-state index contributed by atoms with van der Waals surface area (Å²) in [7, 11) is 0. The summed E-state index contributed by atoms with van der Waals surface area (Å²) in [5.74, 6) is -0.458. The van der Waals surface area contributed by atoms with Crippen molar-refractivity contribution >= 4 is 56.2 Å². The Morgan fingerprint density at radius 2 is 2.14 bits per heavy atom. The Balaban J connectivity index is 1.83. The molecule has 0 bridgehead atoms. The van der Waals surface area contributed by atoms with Crippen LogP contribution >= 0.6 is 34.4 Å². The average molecular weight is 353 g/mol. The number of carbonyl (C=O) groups excluding carboxylic acids is 1. The topological polar surface area (TPSA) is 125 Å². The van der Waals surface area contributed by atoms with E-state index in [4.69, 9.17) is 5.73 Å². The lowest BCUT2D eigenvalue weighted by molar-refractivity contribution is -0.384. The van der Waals surface area contributed by atoms with Gasteiger partial charge in [-0.25, -0.2) is 4.98 Å². The number of aromatic nitrogens is 3. The van der Waals surface area contributed by atoms with E-state index in [-0.39, 0.29) is 12.1 Å². The van der Waals surface area contributed by atoms with Crippen LogP contribution in [0.1, 0.15) is 5.01 Å². The fourth-order valence-electron chi connectivity index (χ4n) is 1.62. The monoisotopic (exact) mass is 353 g/mol. The Morgan fingerprint density at radius 3 is 2.86 bits per heavy atom. The third-order valence-corrected chi connectivity index (χ3v) is 5.56. The molecule has 0 atom stereocenters. The van der Waals surface area contributed by atoms with Crippen LogP contribution in [0.15, 0.2) is 26.9 Å². The number of primary amides is 1. The second-order valence-electron chi connectivity index (χ2n) is 4.10. The molecule has 0 aliphatic carbocycles. The van der Waals surface area contributed by atoms with Gasteiger partial charge in [0.15, 0.2) is 8.68 Å². The summed E-state index contributed by atoms with van der Waals surface area (Å²) in [6.07, 6.45) is 0.0598. The number of amides is 1. The second-order valence-corrected chi connectivity index (χ2v) is 7.68. The highest BCUT2D eigenvalue weighted by Gasteiger charge is 2.13. The van der Waals surface area contributed by atoms with Gasteiger partial charge in [-0.2, -0.15) is 0 Å². The standard InChI is InChI=1S/C11H7N5O3S3/c12-8(17)4-9-14-15-11(21-9)22-10-13-6-2-1-5(16(18)19)3-7(6)20-10/h1-3H,4H2,(H2,12,17). The van der Waals surface area contributed by atoms with Crippen LogP contribution < -0.4 is 5.73 Å². The quantitative estimate of drug-likeness (QED) is 0.550. The van der Waals surface area contributed by atoms with E-state index in [2.05, 4.69) is 15.2 Å². The fourth-order valence-corrected chi connectivity index (χ4v) is 4.83. The molecule has 0 aliphatic rings. The van der Waals surface area contributed by atoms with Crippen LogP contribution in [0.3, 0.4) is 0 Å². The van der Waals surface area contributed by atoms with Gasteiger partial charge in [-0.05, 0) is 17.8 Å². The highest BCUT2D eigenvalue weighted by Crippen LogP contribution is 2.36. The lowest BCUT2D eigenvalue weighted by Crippen LogP contribution is -2.13. The minimum Gasteiger partial charge on any atom is -0.369 e. The highest BCUT2D eigenvalue weighted by molar-refractivity contribution is 8.02. The van der Waals surface area contributed by atoms with Crippen molar-refractivity contribution in [1.82, 2.24) is 15.2 Å². The predicted octanol–water partition coefficient (Wildman–Crippen LogP) is 2.23. The number of fused-ring (bicyclic) bond motifs is 1. The molecule has 0 aliphatic heterocycles. The lowest BCUT2D eigenvalue weighted by atomic mass is 10.3. The maximum absolute atomic E-state index is 10.8. The molecule has 0 unspecified atom stereocenters. The third-order valence-electron chi connectivity index (χ3n) is 2.51. The van der Waals surface area contributed by atoms with E-state index in [1.165, 1.54) is 46.6 Å². The van der Waals surface area contributed by atoms with Crippen LogP contribution in [0.2, 0.25) is 0 Å². The molecule has 0 saturated carbocycles. The van der Waals surface area contributed by atoms with Crippen molar-refractivity contribution < 1.29 is 9.72 Å². The summed E-state index contributed by atoms with van der Waals surface area (Å²) < 4.78 is 2.08. The zero-order valence-electron chi connectivity index (χ0n) is 10.8. The molecule has 8 nitrogen and oxygen atoms in total. The van der Waals surface area contributed by atoms with Crippen LogP contribution in [0.4, 0.5) is 5.69 Å². The molecule has 0 fully saturated rings. The van der Waals surface area contributed by atoms with Gasteiger partial charge in [-0.15, -0.1) is 21.5 Å². The summed E-state index contributed by atoms with van der Waals surface area (Å²) in [6.45, 7) is 0. The Hall–Kier alpha value is -2.11. The largest absolute Gasteiger partial charge is 0.369 e. The van der Waals surface area contributed by atoms with E-state index in [0.29, 0.717) is 19.2 Å². The minimum absolute atomic E-state index is 0.0346. The van der Waals surface area contributed by atoms with Crippen molar-refractivity contribution in [2.24, 2.45) is 5.73 Å². The molecule has 2 heterocycles. The van der Waals surface area contributed by atoms with E-state index in [1.807, 2.05) is 0 Å². The van der Waals surface area contributed by atoms with Gasteiger partial charge in [0.25, 0.3) is 5.69 Å². The van der Waals surface area contributed by atoms with E-state index in [0.717, 1.165) is 4.70 Å². The molecule has 1 amide bonds. The average Bonchev–Trinajstić information content (AvgIpc) is 3.03. The van der Waals surface area contributed by atoms with Gasteiger partial charge in [0.2, 0.25) is 5.91 Å². The van der Waals surface area contributed by atoms with Crippen molar-refractivity contribution in [1.29, 1.82) is 0 Å². The summed E-state index contributed by atoms with van der Waals surface area (Å²) in [6, 6.07) is 4.54. The van der Waals surface area contributed by atoms with Crippen molar-refractivity contribution in [3.63, 3.8) is 0 Å². The number of carbonyl (C=O) groups is 1. The van der Waals surface area contributed by atoms with Crippen LogP contribution in [0, 0.1) is 10.1 Å². The number of hydrogen-bond donors (Lipinski definition) is 1. The van der Waals surface area contributed by atoms with Crippen molar-refractivity contribution in [2.75, 3.05) is 0 Å². The molecule has 1 aromatic carbocycles. The Morgan fingerprint density at radius 1 is 1.32 bits per heavy atom. The first kappa shape index (κ1) is 14.8. The molecule has 3 aromatic rings. The highest BCUT2D eigenvalue weighted by atomic mass is 32.2. The number of nitrogens with two attached hydrogens (primary N) is 1. The number of nitro groups is 1. The van der Waals surface area contributed by atoms with Crippen molar-refractivity contribution in [2.45, 2.75) is 15.1 Å². The maximum Gasteiger partial charge on any atom is 0.270 e. The van der Waals surface area contributed by atoms with Gasteiger partial charge in [0, 0.05) is 12.1 Å².